The molecule has 0 radical (unpaired) electrons. The summed E-state index contributed by atoms with van der Waals surface area (Å²) in [5.41, 5.74) is 0.204. The molecule has 0 N–H and O–H groups in total. The molecule has 1 atom stereocenters. The van der Waals surface area contributed by atoms with E-state index in [-0.39, 0.29) is 12.1 Å². The lowest BCUT2D eigenvalue weighted by Crippen LogP contribution is -2.53. The number of hydrogen-bond acceptors (Lipinski definition) is 4. The van der Waals surface area contributed by atoms with Crippen molar-refractivity contribution in [3.05, 3.63) is 34.9 Å². The first-order chi connectivity index (χ1) is 13.5. The summed E-state index contributed by atoms with van der Waals surface area (Å²) in [6.45, 7) is 13.1. The zero-order chi connectivity index (χ0) is 21.2. The van der Waals surface area contributed by atoms with Crippen molar-refractivity contribution in [2.75, 3.05) is 26.2 Å². The van der Waals surface area contributed by atoms with Gasteiger partial charge in [0, 0.05) is 11.6 Å². The molecule has 0 bridgehead atoms. The van der Waals surface area contributed by atoms with Crippen molar-refractivity contribution < 1.29 is 14.3 Å². The molecule has 2 aliphatic heterocycles. The highest BCUT2D eigenvalue weighted by atomic mass is 35.5. The monoisotopic (exact) mass is 422 g/mol. The Hall–Kier alpha value is -1.30. The highest BCUT2D eigenvalue weighted by Crippen LogP contribution is 2.31. The second-order valence-corrected chi connectivity index (χ2v) is 10.3. The predicted molar refractivity (Wildman–Crippen MR) is 116 cm³/mol. The SMILES string of the molecule is CC(C)(C)OC(=O)N1[C@@H](CN2CCC(Cc3ccc(Cl)cc3)CC2)COC1(C)C. The maximum absolute atomic E-state index is 12.8. The van der Waals surface area contributed by atoms with Crippen molar-refractivity contribution >= 4 is 17.7 Å². The Kier molecular flexibility index (Phi) is 6.81. The van der Waals surface area contributed by atoms with E-state index >= 15 is 0 Å². The lowest BCUT2D eigenvalue weighted by atomic mass is 9.90. The number of benzene rings is 1. The summed E-state index contributed by atoms with van der Waals surface area (Å²) in [4.78, 5) is 17.1. The summed E-state index contributed by atoms with van der Waals surface area (Å²) >= 11 is 5.99. The molecule has 1 aromatic carbocycles. The van der Waals surface area contributed by atoms with Crippen LogP contribution in [0.4, 0.5) is 4.79 Å². The van der Waals surface area contributed by atoms with Crippen LogP contribution in [0.3, 0.4) is 0 Å². The first-order valence-electron chi connectivity index (χ1n) is 10.7. The van der Waals surface area contributed by atoms with Crippen molar-refractivity contribution in [3.63, 3.8) is 0 Å². The Morgan fingerprint density at radius 3 is 2.41 bits per heavy atom. The maximum Gasteiger partial charge on any atom is 0.412 e. The van der Waals surface area contributed by atoms with Gasteiger partial charge in [-0.15, -0.1) is 0 Å². The van der Waals surface area contributed by atoms with E-state index in [0.717, 1.165) is 31.1 Å². The van der Waals surface area contributed by atoms with E-state index in [1.807, 2.05) is 46.8 Å². The molecule has 29 heavy (non-hydrogen) atoms. The van der Waals surface area contributed by atoms with E-state index in [2.05, 4.69) is 17.0 Å². The van der Waals surface area contributed by atoms with Crippen molar-refractivity contribution in [3.8, 4) is 0 Å². The van der Waals surface area contributed by atoms with Crippen LogP contribution >= 0.6 is 11.6 Å². The molecule has 6 heteroatoms. The third kappa shape index (κ3) is 6.09. The van der Waals surface area contributed by atoms with Crippen molar-refractivity contribution in [2.24, 2.45) is 5.92 Å². The molecular formula is C23H35ClN2O3. The number of hydrogen-bond donors (Lipinski definition) is 0. The number of carbonyl (C=O) groups is 1. The van der Waals surface area contributed by atoms with Crippen LogP contribution in [-0.2, 0) is 15.9 Å². The third-order valence-corrected chi connectivity index (χ3v) is 6.03. The van der Waals surface area contributed by atoms with Gasteiger partial charge in [-0.3, -0.25) is 4.90 Å². The fourth-order valence-electron chi connectivity index (χ4n) is 4.32. The molecule has 2 fully saturated rings. The van der Waals surface area contributed by atoms with Gasteiger partial charge in [-0.05, 0) is 90.6 Å². The van der Waals surface area contributed by atoms with E-state index in [4.69, 9.17) is 21.1 Å². The number of piperidine rings is 1. The summed E-state index contributed by atoms with van der Waals surface area (Å²) in [6.07, 6.45) is 3.16. The number of halogens is 1. The molecule has 1 aromatic rings. The summed E-state index contributed by atoms with van der Waals surface area (Å²) < 4.78 is 11.6. The van der Waals surface area contributed by atoms with Gasteiger partial charge in [0.25, 0.3) is 0 Å². The first-order valence-corrected chi connectivity index (χ1v) is 11.0. The normalized spacial score (nSPS) is 23.4. The summed E-state index contributed by atoms with van der Waals surface area (Å²) in [6, 6.07) is 8.22. The van der Waals surface area contributed by atoms with E-state index in [0.29, 0.717) is 12.5 Å². The molecule has 2 heterocycles. The van der Waals surface area contributed by atoms with Crippen molar-refractivity contribution in [1.29, 1.82) is 0 Å². The Morgan fingerprint density at radius 2 is 1.83 bits per heavy atom. The van der Waals surface area contributed by atoms with Gasteiger partial charge >= 0.3 is 6.09 Å². The van der Waals surface area contributed by atoms with E-state index in [1.165, 1.54) is 18.4 Å². The molecular weight excluding hydrogens is 388 g/mol. The number of amides is 1. The lowest BCUT2D eigenvalue weighted by Gasteiger charge is -2.38. The average Bonchev–Trinajstić information content (AvgIpc) is 2.91. The molecule has 0 spiro atoms. The minimum atomic E-state index is -0.639. The quantitative estimate of drug-likeness (QED) is 0.687. The van der Waals surface area contributed by atoms with E-state index in [9.17, 15) is 4.79 Å². The van der Waals surface area contributed by atoms with Crippen LogP contribution in [0.5, 0.6) is 0 Å². The Morgan fingerprint density at radius 1 is 1.21 bits per heavy atom. The van der Waals surface area contributed by atoms with Gasteiger partial charge in [0.1, 0.15) is 11.3 Å². The van der Waals surface area contributed by atoms with E-state index in [1.54, 1.807) is 4.90 Å². The minimum Gasteiger partial charge on any atom is -0.444 e. The second kappa shape index (κ2) is 8.83. The first kappa shape index (κ1) is 22.4. The van der Waals surface area contributed by atoms with Gasteiger partial charge in [0.2, 0.25) is 0 Å². The molecule has 0 saturated carbocycles. The molecule has 2 aliphatic rings. The van der Waals surface area contributed by atoms with Crippen LogP contribution in [-0.4, -0.2) is 59.5 Å². The van der Waals surface area contributed by atoms with E-state index < -0.39 is 11.3 Å². The fourth-order valence-corrected chi connectivity index (χ4v) is 4.45. The Bertz CT molecular complexity index is 691. The topological polar surface area (TPSA) is 42.0 Å². The van der Waals surface area contributed by atoms with Crippen LogP contribution < -0.4 is 0 Å². The number of nitrogens with zero attached hydrogens (tertiary/aromatic N) is 2. The third-order valence-electron chi connectivity index (χ3n) is 5.78. The number of likely N-dealkylation sites (tertiary alicyclic amines) is 1. The largest absolute Gasteiger partial charge is 0.444 e. The number of rotatable bonds is 4. The summed E-state index contributed by atoms with van der Waals surface area (Å²) in [5, 5.41) is 0.791. The lowest BCUT2D eigenvalue weighted by molar-refractivity contribution is -0.0635. The highest BCUT2D eigenvalue weighted by Gasteiger charge is 2.46. The van der Waals surface area contributed by atoms with Crippen LogP contribution in [0.25, 0.3) is 0 Å². The van der Waals surface area contributed by atoms with Gasteiger partial charge in [0.15, 0.2) is 0 Å². The summed E-state index contributed by atoms with van der Waals surface area (Å²) in [5.74, 6) is 0.700. The minimum absolute atomic E-state index is 0.0210. The van der Waals surface area contributed by atoms with Gasteiger partial charge in [-0.25, -0.2) is 4.79 Å². The fraction of sp³-hybridized carbons (Fsp3) is 0.696. The van der Waals surface area contributed by atoms with Crippen molar-refractivity contribution in [1.82, 2.24) is 9.80 Å². The second-order valence-electron chi connectivity index (χ2n) is 9.84. The Balaban J connectivity index is 1.53. The molecule has 5 nitrogen and oxygen atoms in total. The molecule has 0 aromatic heterocycles. The smallest absolute Gasteiger partial charge is 0.412 e. The zero-order valence-electron chi connectivity index (χ0n) is 18.4. The van der Waals surface area contributed by atoms with Gasteiger partial charge in [0.05, 0.1) is 12.6 Å². The van der Waals surface area contributed by atoms with Crippen LogP contribution in [0.15, 0.2) is 24.3 Å². The molecule has 3 rings (SSSR count). The zero-order valence-corrected chi connectivity index (χ0v) is 19.2. The number of ether oxygens (including phenoxy) is 2. The van der Waals surface area contributed by atoms with Gasteiger partial charge < -0.3 is 14.4 Å². The van der Waals surface area contributed by atoms with Crippen molar-refractivity contribution in [2.45, 2.75) is 71.2 Å². The molecule has 1 amide bonds. The summed E-state index contributed by atoms with van der Waals surface area (Å²) in [7, 11) is 0. The Labute approximate surface area is 180 Å². The molecule has 2 saturated heterocycles. The molecule has 0 aliphatic carbocycles. The predicted octanol–water partition coefficient (Wildman–Crippen LogP) is 4.97. The average molecular weight is 423 g/mol. The highest BCUT2D eigenvalue weighted by molar-refractivity contribution is 6.30. The molecule has 0 unspecified atom stereocenters. The maximum atomic E-state index is 12.8. The van der Waals surface area contributed by atoms with Crippen LogP contribution in [0, 0.1) is 5.92 Å². The molecule has 162 valence electrons. The number of carbonyl (C=O) groups excluding carboxylic acids is 1. The van der Waals surface area contributed by atoms with Gasteiger partial charge in [-0.1, -0.05) is 23.7 Å². The van der Waals surface area contributed by atoms with Crippen LogP contribution in [0.1, 0.15) is 53.0 Å². The standard InChI is InChI=1S/C23H35ClN2O3/c1-22(2,3)29-21(27)26-20(16-28-23(26,4)5)15-25-12-10-18(11-13-25)14-17-6-8-19(24)9-7-17/h6-9,18,20H,10-16H2,1-5H3/t20-/m0/s1. The van der Waals surface area contributed by atoms with Crippen LogP contribution in [0.2, 0.25) is 5.02 Å². The van der Waals surface area contributed by atoms with Gasteiger partial charge in [-0.2, -0.15) is 0 Å².